The van der Waals surface area contributed by atoms with Gasteiger partial charge < -0.3 is 11.1 Å². The zero-order valence-electron chi connectivity index (χ0n) is 11.6. The van der Waals surface area contributed by atoms with Gasteiger partial charge in [-0.05, 0) is 5.56 Å². The highest BCUT2D eigenvalue weighted by molar-refractivity contribution is 5.78. The number of benzene rings is 1. The van der Waals surface area contributed by atoms with E-state index >= 15 is 0 Å². The number of hydrogen-bond donors (Lipinski definition) is 2. The maximum absolute atomic E-state index is 11.6. The Bertz CT molecular complexity index is 550. The number of nitrogens with one attached hydrogen (secondary N) is 1. The summed E-state index contributed by atoms with van der Waals surface area (Å²) in [5.74, 6) is -0.183. The summed E-state index contributed by atoms with van der Waals surface area (Å²) in [6.45, 7) is 3.39. The van der Waals surface area contributed by atoms with Crippen LogP contribution in [0, 0.1) is 5.92 Å². The molecule has 0 aliphatic heterocycles. The number of carbonyl (C=O) groups excluding carboxylic acids is 1. The van der Waals surface area contributed by atoms with Crippen LogP contribution >= 0.6 is 0 Å². The van der Waals surface area contributed by atoms with Gasteiger partial charge in [0.05, 0.1) is 12.7 Å². The summed E-state index contributed by atoms with van der Waals surface area (Å²) in [6.07, 6.45) is 3.72. The van der Waals surface area contributed by atoms with Gasteiger partial charge in [-0.2, -0.15) is 5.10 Å². The minimum Gasteiger partial charge on any atom is -0.352 e. The van der Waals surface area contributed by atoms with E-state index in [9.17, 15) is 4.79 Å². The molecule has 2 rings (SSSR count). The lowest BCUT2D eigenvalue weighted by Crippen LogP contribution is -2.32. The molecular formula is C15H20N4O. The Morgan fingerprint density at radius 3 is 2.80 bits per heavy atom. The number of rotatable bonds is 6. The lowest BCUT2D eigenvalue weighted by molar-refractivity contribution is -0.124. The highest BCUT2D eigenvalue weighted by atomic mass is 16.1. The standard InChI is InChI=1S/C15H20N4O/c1-12(7-16)15(20)17-8-14-9-18-19(11-14)10-13-5-3-2-4-6-13/h2-6,9,11-12H,7-8,10,16H2,1H3,(H,17,20). The van der Waals surface area contributed by atoms with Crippen molar-refractivity contribution in [3.8, 4) is 0 Å². The van der Waals surface area contributed by atoms with E-state index in [0.29, 0.717) is 13.1 Å². The molecule has 1 aromatic heterocycles. The van der Waals surface area contributed by atoms with Crippen molar-refractivity contribution < 1.29 is 4.79 Å². The van der Waals surface area contributed by atoms with Crippen molar-refractivity contribution in [1.29, 1.82) is 0 Å². The van der Waals surface area contributed by atoms with Gasteiger partial charge in [0, 0.05) is 30.8 Å². The van der Waals surface area contributed by atoms with Gasteiger partial charge in [-0.15, -0.1) is 0 Å². The zero-order valence-corrected chi connectivity index (χ0v) is 11.6. The van der Waals surface area contributed by atoms with Crippen LogP contribution in [0.5, 0.6) is 0 Å². The topological polar surface area (TPSA) is 72.9 Å². The van der Waals surface area contributed by atoms with Crippen LogP contribution in [-0.4, -0.2) is 22.2 Å². The maximum Gasteiger partial charge on any atom is 0.224 e. The van der Waals surface area contributed by atoms with Gasteiger partial charge >= 0.3 is 0 Å². The number of aromatic nitrogens is 2. The second-order valence-corrected chi connectivity index (χ2v) is 4.89. The summed E-state index contributed by atoms with van der Waals surface area (Å²) in [7, 11) is 0. The molecule has 0 aliphatic carbocycles. The number of carbonyl (C=O) groups is 1. The van der Waals surface area contributed by atoms with E-state index in [-0.39, 0.29) is 11.8 Å². The smallest absolute Gasteiger partial charge is 0.224 e. The molecule has 1 unspecified atom stereocenters. The second kappa shape index (κ2) is 6.86. The van der Waals surface area contributed by atoms with E-state index in [1.165, 1.54) is 5.56 Å². The summed E-state index contributed by atoms with van der Waals surface area (Å²) in [6, 6.07) is 10.1. The van der Waals surface area contributed by atoms with Gasteiger partial charge in [-0.1, -0.05) is 37.3 Å². The molecule has 1 atom stereocenters. The van der Waals surface area contributed by atoms with Crippen LogP contribution < -0.4 is 11.1 Å². The largest absolute Gasteiger partial charge is 0.352 e. The minimum absolute atomic E-state index is 0.0247. The summed E-state index contributed by atoms with van der Waals surface area (Å²) >= 11 is 0. The van der Waals surface area contributed by atoms with Crippen LogP contribution in [0.25, 0.3) is 0 Å². The van der Waals surface area contributed by atoms with E-state index in [1.54, 1.807) is 6.20 Å². The van der Waals surface area contributed by atoms with Crippen molar-refractivity contribution in [1.82, 2.24) is 15.1 Å². The average molecular weight is 272 g/mol. The van der Waals surface area contributed by atoms with Crippen LogP contribution in [0.2, 0.25) is 0 Å². The molecule has 0 spiro atoms. The minimum atomic E-state index is -0.158. The van der Waals surface area contributed by atoms with Crippen molar-refractivity contribution in [3.05, 3.63) is 53.9 Å². The molecule has 0 fully saturated rings. The molecule has 5 heteroatoms. The maximum atomic E-state index is 11.6. The van der Waals surface area contributed by atoms with Crippen LogP contribution in [0.15, 0.2) is 42.7 Å². The summed E-state index contributed by atoms with van der Waals surface area (Å²) in [4.78, 5) is 11.6. The van der Waals surface area contributed by atoms with Gasteiger partial charge in [0.1, 0.15) is 0 Å². The summed E-state index contributed by atoms with van der Waals surface area (Å²) in [5.41, 5.74) is 7.64. The van der Waals surface area contributed by atoms with Crippen LogP contribution in [0.3, 0.4) is 0 Å². The molecule has 1 aromatic carbocycles. The monoisotopic (exact) mass is 272 g/mol. The SMILES string of the molecule is CC(CN)C(=O)NCc1cnn(Cc2ccccc2)c1. The first kappa shape index (κ1) is 14.3. The molecule has 0 radical (unpaired) electrons. The highest BCUT2D eigenvalue weighted by Gasteiger charge is 2.10. The first-order valence-electron chi connectivity index (χ1n) is 6.72. The Labute approximate surface area is 118 Å². The Morgan fingerprint density at radius 2 is 2.10 bits per heavy atom. The molecule has 106 valence electrons. The highest BCUT2D eigenvalue weighted by Crippen LogP contribution is 2.04. The molecular weight excluding hydrogens is 252 g/mol. The van der Waals surface area contributed by atoms with Gasteiger partial charge in [0.2, 0.25) is 5.91 Å². The first-order chi connectivity index (χ1) is 9.69. The lowest BCUT2D eigenvalue weighted by atomic mass is 10.1. The predicted octanol–water partition coefficient (Wildman–Crippen LogP) is 1.14. The van der Waals surface area contributed by atoms with Crippen molar-refractivity contribution in [2.24, 2.45) is 11.7 Å². The van der Waals surface area contributed by atoms with Crippen LogP contribution in [0.1, 0.15) is 18.1 Å². The fourth-order valence-electron chi connectivity index (χ4n) is 1.83. The number of nitrogens with zero attached hydrogens (tertiary/aromatic N) is 2. The Hall–Kier alpha value is -2.14. The Balaban J connectivity index is 1.88. The van der Waals surface area contributed by atoms with E-state index in [0.717, 1.165) is 12.1 Å². The van der Waals surface area contributed by atoms with E-state index in [4.69, 9.17) is 5.73 Å². The van der Waals surface area contributed by atoms with Gasteiger partial charge in [-0.25, -0.2) is 0 Å². The van der Waals surface area contributed by atoms with Crippen molar-refractivity contribution >= 4 is 5.91 Å². The molecule has 1 amide bonds. The molecule has 0 aliphatic rings. The fraction of sp³-hybridized carbons (Fsp3) is 0.333. The van der Waals surface area contributed by atoms with Gasteiger partial charge in [-0.3, -0.25) is 9.48 Å². The van der Waals surface area contributed by atoms with E-state index < -0.39 is 0 Å². The number of hydrogen-bond acceptors (Lipinski definition) is 3. The van der Waals surface area contributed by atoms with Crippen molar-refractivity contribution in [2.75, 3.05) is 6.54 Å². The normalized spacial score (nSPS) is 12.1. The Kier molecular flexibility index (Phi) is 4.90. The quantitative estimate of drug-likeness (QED) is 0.828. The van der Waals surface area contributed by atoms with Gasteiger partial charge in [0.25, 0.3) is 0 Å². The van der Waals surface area contributed by atoms with Gasteiger partial charge in [0.15, 0.2) is 0 Å². The Morgan fingerprint density at radius 1 is 1.35 bits per heavy atom. The van der Waals surface area contributed by atoms with Crippen molar-refractivity contribution in [3.63, 3.8) is 0 Å². The zero-order chi connectivity index (χ0) is 14.4. The predicted molar refractivity (Wildman–Crippen MR) is 77.8 cm³/mol. The third kappa shape index (κ3) is 3.93. The van der Waals surface area contributed by atoms with Crippen LogP contribution in [-0.2, 0) is 17.9 Å². The average Bonchev–Trinajstić information content (AvgIpc) is 2.92. The molecule has 0 bridgehead atoms. The molecule has 1 heterocycles. The summed E-state index contributed by atoms with van der Waals surface area (Å²) in [5, 5.41) is 7.15. The second-order valence-electron chi connectivity index (χ2n) is 4.89. The number of amides is 1. The van der Waals surface area contributed by atoms with Crippen LogP contribution in [0.4, 0.5) is 0 Å². The molecule has 3 N–H and O–H groups in total. The molecule has 0 saturated carbocycles. The van der Waals surface area contributed by atoms with E-state index in [2.05, 4.69) is 22.5 Å². The molecule has 20 heavy (non-hydrogen) atoms. The lowest BCUT2D eigenvalue weighted by Gasteiger charge is -2.08. The third-order valence-electron chi connectivity index (χ3n) is 3.14. The molecule has 5 nitrogen and oxygen atoms in total. The summed E-state index contributed by atoms with van der Waals surface area (Å²) < 4.78 is 1.86. The fourth-order valence-corrected chi connectivity index (χ4v) is 1.83. The first-order valence-corrected chi connectivity index (χ1v) is 6.72. The number of nitrogens with two attached hydrogens (primary N) is 1. The van der Waals surface area contributed by atoms with E-state index in [1.807, 2.05) is 36.0 Å². The molecule has 0 saturated heterocycles. The van der Waals surface area contributed by atoms with Crippen molar-refractivity contribution in [2.45, 2.75) is 20.0 Å². The molecule has 2 aromatic rings. The third-order valence-corrected chi connectivity index (χ3v) is 3.14.